The van der Waals surface area contributed by atoms with Gasteiger partial charge in [-0.05, 0) is 62.6 Å². The van der Waals surface area contributed by atoms with Crippen molar-refractivity contribution in [3.63, 3.8) is 0 Å². The highest BCUT2D eigenvalue weighted by Crippen LogP contribution is 2.23. The Hall–Kier alpha value is -1.55. The summed E-state index contributed by atoms with van der Waals surface area (Å²) in [6.45, 7) is 2.87. The summed E-state index contributed by atoms with van der Waals surface area (Å²) in [6, 6.07) is 8.23. The van der Waals surface area contributed by atoms with Crippen molar-refractivity contribution in [3.05, 3.63) is 29.8 Å². The highest BCUT2D eigenvalue weighted by molar-refractivity contribution is 5.76. The number of benzene rings is 1. The van der Waals surface area contributed by atoms with Crippen molar-refractivity contribution in [1.82, 2.24) is 5.32 Å². The number of nitrogens with one attached hydrogen (secondary N) is 1. The first-order valence-electron chi connectivity index (χ1n) is 8.27. The zero-order valence-electron chi connectivity index (χ0n) is 13.4. The number of hydrogen-bond acceptors (Lipinski definition) is 3. The van der Waals surface area contributed by atoms with Crippen molar-refractivity contribution in [3.8, 4) is 5.75 Å². The van der Waals surface area contributed by atoms with E-state index < -0.39 is 0 Å². The largest absolute Gasteiger partial charge is 0.494 e. The second kappa shape index (κ2) is 8.79. The molecule has 1 amide bonds. The van der Waals surface area contributed by atoms with Gasteiger partial charge in [-0.1, -0.05) is 12.1 Å². The van der Waals surface area contributed by atoms with Crippen LogP contribution in [0.2, 0.25) is 0 Å². The Bertz CT molecular complexity index is 467. The fourth-order valence-electron chi connectivity index (χ4n) is 2.92. The van der Waals surface area contributed by atoms with Crippen LogP contribution in [0.15, 0.2) is 24.3 Å². The van der Waals surface area contributed by atoms with Crippen molar-refractivity contribution < 1.29 is 14.6 Å². The van der Waals surface area contributed by atoms with Gasteiger partial charge in [0.25, 0.3) is 0 Å². The molecule has 0 atom stereocenters. The van der Waals surface area contributed by atoms with Crippen LogP contribution in [0.3, 0.4) is 0 Å². The Kier molecular flexibility index (Phi) is 6.72. The van der Waals surface area contributed by atoms with E-state index in [0.717, 1.165) is 37.9 Å². The molecule has 0 radical (unpaired) electrons. The van der Waals surface area contributed by atoms with E-state index in [0.29, 0.717) is 18.9 Å². The molecule has 0 saturated heterocycles. The number of carbonyl (C=O) groups excluding carboxylic acids is 1. The lowest BCUT2D eigenvalue weighted by Crippen LogP contribution is -2.38. The summed E-state index contributed by atoms with van der Waals surface area (Å²) < 4.78 is 5.65. The highest BCUT2D eigenvalue weighted by atomic mass is 16.5. The van der Waals surface area contributed by atoms with Crippen LogP contribution in [0.4, 0.5) is 0 Å². The fourth-order valence-corrected chi connectivity index (χ4v) is 2.92. The minimum atomic E-state index is 0.111. The number of carbonyl (C=O) groups is 1. The molecule has 1 aliphatic carbocycles. The molecule has 1 aromatic carbocycles. The van der Waals surface area contributed by atoms with Gasteiger partial charge in [0.2, 0.25) is 5.91 Å². The molecule has 0 heterocycles. The minimum absolute atomic E-state index is 0.111. The van der Waals surface area contributed by atoms with E-state index in [2.05, 4.69) is 5.32 Å². The predicted octanol–water partition coefficient (Wildman–Crippen LogP) is 2.82. The molecule has 2 N–H and O–H groups in total. The molecule has 122 valence electrons. The molecule has 1 aromatic rings. The van der Waals surface area contributed by atoms with Crippen molar-refractivity contribution in [2.45, 2.75) is 51.5 Å². The first kappa shape index (κ1) is 16.8. The van der Waals surface area contributed by atoms with Crippen molar-refractivity contribution in [2.75, 3.05) is 13.2 Å². The molecule has 1 aliphatic rings. The van der Waals surface area contributed by atoms with Crippen LogP contribution in [0.5, 0.6) is 5.75 Å². The number of hydrogen-bond donors (Lipinski definition) is 2. The van der Waals surface area contributed by atoms with Crippen LogP contribution in [0, 0.1) is 12.8 Å². The molecule has 0 bridgehead atoms. The monoisotopic (exact) mass is 305 g/mol. The van der Waals surface area contributed by atoms with E-state index in [9.17, 15) is 4.79 Å². The smallest absolute Gasteiger partial charge is 0.220 e. The molecule has 4 heteroatoms. The highest BCUT2D eigenvalue weighted by Gasteiger charge is 2.21. The number of rotatable bonds is 7. The Morgan fingerprint density at radius 1 is 1.32 bits per heavy atom. The summed E-state index contributed by atoms with van der Waals surface area (Å²) in [5.74, 6) is 1.40. The van der Waals surface area contributed by atoms with Gasteiger partial charge in [0, 0.05) is 19.1 Å². The predicted molar refractivity (Wildman–Crippen MR) is 86.9 cm³/mol. The average molecular weight is 305 g/mol. The van der Waals surface area contributed by atoms with Crippen LogP contribution in [-0.2, 0) is 4.79 Å². The van der Waals surface area contributed by atoms with Gasteiger partial charge in [0.1, 0.15) is 5.75 Å². The second-order valence-corrected chi connectivity index (χ2v) is 6.24. The summed E-state index contributed by atoms with van der Waals surface area (Å²) in [5, 5.41) is 12.2. The summed E-state index contributed by atoms with van der Waals surface area (Å²) in [6.07, 6.45) is 5.22. The first-order chi connectivity index (χ1) is 10.7. The minimum Gasteiger partial charge on any atom is -0.494 e. The van der Waals surface area contributed by atoms with Crippen LogP contribution < -0.4 is 10.1 Å². The van der Waals surface area contributed by atoms with Gasteiger partial charge < -0.3 is 15.2 Å². The summed E-state index contributed by atoms with van der Waals surface area (Å²) >= 11 is 0. The molecular formula is C18H27NO3. The van der Waals surface area contributed by atoms with E-state index >= 15 is 0 Å². The topological polar surface area (TPSA) is 58.6 Å². The zero-order valence-corrected chi connectivity index (χ0v) is 13.4. The van der Waals surface area contributed by atoms with E-state index in [1.165, 1.54) is 5.56 Å². The molecule has 0 unspecified atom stereocenters. The van der Waals surface area contributed by atoms with Crippen LogP contribution in [0.25, 0.3) is 0 Å². The van der Waals surface area contributed by atoms with Gasteiger partial charge in [-0.3, -0.25) is 4.79 Å². The molecule has 2 rings (SSSR count). The summed E-state index contributed by atoms with van der Waals surface area (Å²) in [5.41, 5.74) is 1.17. The van der Waals surface area contributed by atoms with E-state index in [4.69, 9.17) is 9.84 Å². The third kappa shape index (κ3) is 5.68. The third-order valence-electron chi connectivity index (χ3n) is 4.28. The first-order valence-corrected chi connectivity index (χ1v) is 8.27. The zero-order chi connectivity index (χ0) is 15.8. The lowest BCUT2D eigenvalue weighted by atomic mass is 9.86. The van der Waals surface area contributed by atoms with Gasteiger partial charge in [-0.2, -0.15) is 0 Å². The van der Waals surface area contributed by atoms with Crippen LogP contribution in [-0.4, -0.2) is 30.3 Å². The molecule has 0 spiro atoms. The quantitative estimate of drug-likeness (QED) is 0.762. The molecule has 0 aliphatic heterocycles. The van der Waals surface area contributed by atoms with E-state index in [-0.39, 0.29) is 18.6 Å². The molecule has 22 heavy (non-hydrogen) atoms. The maximum atomic E-state index is 11.9. The van der Waals surface area contributed by atoms with Gasteiger partial charge in [-0.25, -0.2) is 0 Å². The fraction of sp³-hybridized carbons (Fsp3) is 0.611. The average Bonchev–Trinajstić information content (AvgIpc) is 2.52. The number of ether oxygens (including phenoxy) is 1. The van der Waals surface area contributed by atoms with E-state index in [1.807, 2.05) is 31.2 Å². The van der Waals surface area contributed by atoms with Gasteiger partial charge in [0.05, 0.1) is 6.61 Å². The van der Waals surface area contributed by atoms with E-state index in [1.54, 1.807) is 0 Å². The molecule has 1 fully saturated rings. The Balaban J connectivity index is 1.58. The normalized spacial score (nSPS) is 21.4. The number of aliphatic hydroxyl groups is 1. The number of amides is 1. The maximum absolute atomic E-state index is 11.9. The van der Waals surface area contributed by atoms with Crippen LogP contribution in [0.1, 0.15) is 44.1 Å². The molecule has 4 nitrogen and oxygen atoms in total. The molecular weight excluding hydrogens is 278 g/mol. The van der Waals surface area contributed by atoms with Gasteiger partial charge >= 0.3 is 0 Å². The maximum Gasteiger partial charge on any atom is 0.220 e. The number of aliphatic hydroxyl groups excluding tert-OH is 1. The SMILES string of the molecule is Cc1cccc(OCCCC(=O)NC2CCC(CO)CC2)c1. The molecule has 1 saturated carbocycles. The standard InChI is InChI=1S/C18H27NO3/c1-14-4-2-5-17(12-14)22-11-3-6-18(21)19-16-9-7-15(13-20)8-10-16/h2,4-5,12,15-16,20H,3,6-11,13H2,1H3,(H,19,21). The van der Waals surface area contributed by atoms with Gasteiger partial charge in [-0.15, -0.1) is 0 Å². The third-order valence-corrected chi connectivity index (χ3v) is 4.28. The molecule has 0 aromatic heterocycles. The Labute approximate surface area is 132 Å². The number of aryl methyl sites for hydroxylation is 1. The lowest BCUT2D eigenvalue weighted by molar-refractivity contribution is -0.122. The van der Waals surface area contributed by atoms with Crippen molar-refractivity contribution in [2.24, 2.45) is 5.92 Å². The van der Waals surface area contributed by atoms with Crippen molar-refractivity contribution in [1.29, 1.82) is 0 Å². The van der Waals surface area contributed by atoms with Crippen LogP contribution >= 0.6 is 0 Å². The lowest BCUT2D eigenvalue weighted by Gasteiger charge is -2.27. The summed E-state index contributed by atoms with van der Waals surface area (Å²) in [4.78, 5) is 11.9. The van der Waals surface area contributed by atoms with Gasteiger partial charge in [0.15, 0.2) is 0 Å². The Morgan fingerprint density at radius 2 is 2.09 bits per heavy atom. The Morgan fingerprint density at radius 3 is 2.77 bits per heavy atom. The van der Waals surface area contributed by atoms with Crippen molar-refractivity contribution >= 4 is 5.91 Å². The second-order valence-electron chi connectivity index (χ2n) is 6.24. The summed E-state index contributed by atoms with van der Waals surface area (Å²) in [7, 11) is 0.